The second-order valence-electron chi connectivity index (χ2n) is 11.7. The highest BCUT2D eigenvalue weighted by Gasteiger charge is 2.43. The van der Waals surface area contributed by atoms with E-state index in [9.17, 15) is 4.79 Å². The molecule has 0 radical (unpaired) electrons. The number of nitrogens with one attached hydrogen (secondary N) is 1. The smallest absolute Gasteiger partial charge is 0.237 e. The average Bonchev–Trinajstić information content (AvgIpc) is 3.25. The van der Waals surface area contributed by atoms with Crippen LogP contribution >= 0.6 is 0 Å². The Kier molecular flexibility index (Phi) is 8.20. The molecule has 2 fully saturated rings. The topological polar surface area (TPSA) is 35.6 Å². The maximum Gasteiger partial charge on any atom is 0.237 e. The van der Waals surface area contributed by atoms with Crippen LogP contribution in [0.2, 0.25) is 0 Å². The van der Waals surface area contributed by atoms with E-state index in [0.717, 1.165) is 44.8 Å². The fraction of sp³-hybridized carbons (Fsp3) is 0.741. The van der Waals surface area contributed by atoms with Crippen LogP contribution in [-0.2, 0) is 11.3 Å². The highest BCUT2D eigenvalue weighted by molar-refractivity contribution is 5.82. The van der Waals surface area contributed by atoms with E-state index >= 15 is 0 Å². The molecule has 1 saturated carbocycles. The van der Waals surface area contributed by atoms with Gasteiger partial charge in [-0.05, 0) is 68.0 Å². The molecule has 3 rings (SSSR count). The average molecular weight is 428 g/mol. The lowest BCUT2D eigenvalue weighted by Gasteiger charge is -2.32. The quantitative estimate of drug-likeness (QED) is 0.615. The van der Waals surface area contributed by atoms with Gasteiger partial charge in [-0.15, -0.1) is 0 Å². The molecule has 1 aromatic carbocycles. The summed E-state index contributed by atoms with van der Waals surface area (Å²) in [5.41, 5.74) is 1.68. The number of rotatable bonds is 9. The van der Waals surface area contributed by atoms with Crippen LogP contribution in [0, 0.1) is 23.2 Å². The van der Waals surface area contributed by atoms with Gasteiger partial charge in [-0.25, -0.2) is 0 Å². The number of hydrogen-bond acceptors (Lipinski definition) is 3. The lowest BCUT2D eigenvalue weighted by Crippen LogP contribution is -2.51. The first kappa shape index (κ1) is 24.3. The Morgan fingerprint density at radius 1 is 1.16 bits per heavy atom. The number of fused-ring (bicyclic) bond motifs is 1. The molecule has 1 N–H and O–H groups in total. The third-order valence-corrected chi connectivity index (χ3v) is 7.25. The summed E-state index contributed by atoms with van der Waals surface area (Å²) < 4.78 is 0. The van der Waals surface area contributed by atoms with Crippen molar-refractivity contribution in [2.24, 2.45) is 23.2 Å². The zero-order chi connectivity index (χ0) is 22.6. The third kappa shape index (κ3) is 7.05. The van der Waals surface area contributed by atoms with Crippen molar-refractivity contribution in [2.45, 2.75) is 78.9 Å². The van der Waals surface area contributed by atoms with Gasteiger partial charge in [-0.1, -0.05) is 65.0 Å². The molecule has 0 spiro atoms. The van der Waals surface area contributed by atoms with Gasteiger partial charge in [0.15, 0.2) is 0 Å². The van der Waals surface area contributed by atoms with Crippen molar-refractivity contribution in [3.63, 3.8) is 0 Å². The van der Waals surface area contributed by atoms with Gasteiger partial charge in [-0.2, -0.15) is 0 Å². The number of likely N-dealkylation sites (tertiary alicyclic amines) is 1. The van der Waals surface area contributed by atoms with E-state index in [1.807, 2.05) is 0 Å². The highest BCUT2D eigenvalue weighted by Crippen LogP contribution is 2.38. The third-order valence-electron chi connectivity index (χ3n) is 7.25. The van der Waals surface area contributed by atoms with E-state index in [-0.39, 0.29) is 17.4 Å². The molecule has 31 heavy (non-hydrogen) atoms. The van der Waals surface area contributed by atoms with Crippen LogP contribution in [0.4, 0.5) is 0 Å². The zero-order valence-electron chi connectivity index (χ0n) is 20.7. The Balaban J connectivity index is 1.57. The maximum absolute atomic E-state index is 13.4. The molecular weight excluding hydrogens is 382 g/mol. The first-order valence-corrected chi connectivity index (χ1v) is 12.4. The van der Waals surface area contributed by atoms with Crippen molar-refractivity contribution in [2.75, 3.05) is 26.7 Å². The number of carbonyl (C=O) groups is 1. The molecule has 0 bridgehead atoms. The van der Waals surface area contributed by atoms with Crippen LogP contribution in [-0.4, -0.2) is 54.5 Å². The lowest BCUT2D eigenvalue weighted by atomic mass is 9.91. The number of carbonyl (C=O) groups excluding carboxylic acids is 1. The second kappa shape index (κ2) is 10.5. The molecule has 2 aliphatic rings. The summed E-state index contributed by atoms with van der Waals surface area (Å²) in [7, 11) is 2.13. The summed E-state index contributed by atoms with van der Waals surface area (Å²) >= 11 is 0. The predicted molar refractivity (Wildman–Crippen MR) is 130 cm³/mol. The molecule has 0 unspecified atom stereocenters. The zero-order valence-corrected chi connectivity index (χ0v) is 20.7. The van der Waals surface area contributed by atoms with Crippen molar-refractivity contribution in [1.29, 1.82) is 0 Å². The van der Waals surface area contributed by atoms with Crippen molar-refractivity contribution >= 4 is 5.91 Å². The Bertz CT molecular complexity index is 696. The molecule has 1 aliphatic carbocycles. The van der Waals surface area contributed by atoms with Crippen LogP contribution in [0.15, 0.2) is 30.3 Å². The van der Waals surface area contributed by atoms with E-state index < -0.39 is 0 Å². The second-order valence-corrected chi connectivity index (χ2v) is 11.7. The first-order chi connectivity index (χ1) is 14.6. The Hall–Kier alpha value is -1.39. The van der Waals surface area contributed by atoms with Gasteiger partial charge < -0.3 is 5.32 Å². The van der Waals surface area contributed by atoms with Crippen molar-refractivity contribution in [3.8, 4) is 0 Å². The van der Waals surface area contributed by atoms with E-state index in [4.69, 9.17) is 0 Å². The number of nitrogens with zero attached hydrogens (tertiary/aromatic N) is 2. The van der Waals surface area contributed by atoms with Gasteiger partial charge in [0.25, 0.3) is 0 Å². The van der Waals surface area contributed by atoms with Crippen LogP contribution in [0.5, 0.6) is 0 Å². The Morgan fingerprint density at radius 3 is 2.52 bits per heavy atom. The van der Waals surface area contributed by atoms with E-state index in [1.54, 1.807) is 0 Å². The number of hydrogen-bond donors (Lipinski definition) is 1. The van der Waals surface area contributed by atoms with Crippen molar-refractivity contribution in [1.82, 2.24) is 15.1 Å². The van der Waals surface area contributed by atoms with Crippen LogP contribution in [0.1, 0.15) is 65.9 Å². The standard InChI is InChI=1S/C27H45N3O/c1-20(2)16-25(29(6)15-14-27(3,4)5)26(31)28-24-13-12-22-18-30(19-23(22)24)17-21-10-8-7-9-11-21/h7-11,20,22-25H,12-19H2,1-6H3,(H,28,31)/t22-,23+,24+,25-/m0/s1. The predicted octanol–water partition coefficient (Wildman–Crippen LogP) is 4.80. The number of benzene rings is 1. The lowest BCUT2D eigenvalue weighted by molar-refractivity contribution is -0.127. The molecule has 1 aliphatic heterocycles. The minimum Gasteiger partial charge on any atom is -0.352 e. The molecule has 0 aromatic heterocycles. The Morgan fingerprint density at radius 2 is 1.87 bits per heavy atom. The largest absolute Gasteiger partial charge is 0.352 e. The molecule has 1 heterocycles. The van der Waals surface area contributed by atoms with Crippen LogP contribution in [0.3, 0.4) is 0 Å². The normalized spacial score (nSPS) is 25.2. The summed E-state index contributed by atoms with van der Waals surface area (Å²) in [5.74, 6) is 2.10. The minimum absolute atomic E-state index is 0.0248. The first-order valence-electron chi connectivity index (χ1n) is 12.4. The van der Waals surface area contributed by atoms with Gasteiger partial charge in [0.05, 0.1) is 6.04 Å². The summed E-state index contributed by atoms with van der Waals surface area (Å²) in [6.07, 6.45) is 4.41. The van der Waals surface area contributed by atoms with Gasteiger partial charge >= 0.3 is 0 Å². The maximum atomic E-state index is 13.4. The molecule has 174 valence electrons. The number of amides is 1. The van der Waals surface area contributed by atoms with E-state index in [1.165, 1.54) is 18.5 Å². The molecule has 4 heteroatoms. The minimum atomic E-state index is -0.0248. The molecular formula is C27H45N3O. The SMILES string of the molecule is CC(C)C[C@@H](C(=O)N[C@@H]1CC[C@H]2CN(Cc3ccccc3)C[C@H]21)N(C)CCC(C)(C)C. The summed E-state index contributed by atoms with van der Waals surface area (Å²) in [5, 5.41) is 3.51. The highest BCUT2D eigenvalue weighted by atomic mass is 16.2. The van der Waals surface area contributed by atoms with Crippen LogP contribution in [0.25, 0.3) is 0 Å². The van der Waals surface area contributed by atoms with Gasteiger partial charge in [-0.3, -0.25) is 14.6 Å². The van der Waals surface area contributed by atoms with Crippen LogP contribution < -0.4 is 5.32 Å². The summed E-state index contributed by atoms with van der Waals surface area (Å²) in [4.78, 5) is 18.3. The molecule has 1 saturated heterocycles. The van der Waals surface area contributed by atoms with E-state index in [0.29, 0.717) is 17.9 Å². The number of likely N-dealkylation sites (N-methyl/N-ethyl adjacent to an activating group) is 1. The van der Waals surface area contributed by atoms with Crippen molar-refractivity contribution < 1.29 is 4.79 Å². The fourth-order valence-electron chi connectivity index (χ4n) is 5.39. The molecule has 4 atom stereocenters. The van der Waals surface area contributed by atoms with Gasteiger partial charge in [0.1, 0.15) is 0 Å². The summed E-state index contributed by atoms with van der Waals surface area (Å²) in [6, 6.07) is 11.1. The van der Waals surface area contributed by atoms with E-state index in [2.05, 4.69) is 87.1 Å². The molecule has 1 amide bonds. The fourth-order valence-corrected chi connectivity index (χ4v) is 5.39. The molecule has 4 nitrogen and oxygen atoms in total. The van der Waals surface area contributed by atoms with Gasteiger partial charge in [0, 0.05) is 25.7 Å². The Labute approximate surface area is 190 Å². The van der Waals surface area contributed by atoms with Crippen molar-refractivity contribution in [3.05, 3.63) is 35.9 Å². The van der Waals surface area contributed by atoms with Gasteiger partial charge in [0.2, 0.25) is 5.91 Å². The summed E-state index contributed by atoms with van der Waals surface area (Å²) in [6.45, 7) is 15.6. The molecule has 1 aromatic rings. The monoisotopic (exact) mass is 427 g/mol.